The fourth-order valence-corrected chi connectivity index (χ4v) is 1.68. The van der Waals surface area contributed by atoms with Crippen molar-refractivity contribution < 1.29 is 9.90 Å². The number of carbonyl (C=O) groups excluding carboxylic acids is 1. The number of anilines is 1. The Labute approximate surface area is 104 Å². The van der Waals surface area contributed by atoms with Crippen LogP contribution < -0.4 is 10.6 Å². The Hall–Kier alpha value is -1.58. The predicted octanol–water partition coefficient (Wildman–Crippen LogP) is 1.41. The Morgan fingerprint density at radius 2 is 2.41 bits per heavy atom. The minimum Gasteiger partial charge on any atom is -0.395 e. The van der Waals surface area contributed by atoms with Crippen LogP contribution >= 0.6 is 11.3 Å². The normalized spacial score (nSPS) is 9.65. The quantitative estimate of drug-likeness (QED) is 0.713. The van der Waals surface area contributed by atoms with Crippen LogP contribution in [0.4, 0.5) is 9.93 Å². The van der Waals surface area contributed by atoms with Crippen LogP contribution in [0.1, 0.15) is 25.1 Å². The number of aliphatic hydroxyl groups is 1. The van der Waals surface area contributed by atoms with Gasteiger partial charge in [-0.3, -0.25) is 5.32 Å². The second kappa shape index (κ2) is 6.89. The lowest BCUT2D eigenvalue weighted by atomic mass is 10.4. The fraction of sp³-hybridized carbons (Fsp3) is 0.455. The van der Waals surface area contributed by atoms with Gasteiger partial charge in [-0.15, -0.1) is 0 Å². The van der Waals surface area contributed by atoms with Gasteiger partial charge < -0.3 is 10.4 Å². The molecule has 0 radical (unpaired) electrons. The zero-order valence-corrected chi connectivity index (χ0v) is 10.6. The third kappa shape index (κ3) is 5.33. The van der Waals surface area contributed by atoms with E-state index in [1.54, 1.807) is 6.20 Å². The summed E-state index contributed by atoms with van der Waals surface area (Å²) in [6, 6.07) is -0.192. The fourth-order valence-electron chi connectivity index (χ4n) is 0.991. The van der Waals surface area contributed by atoms with Crippen LogP contribution in [0.3, 0.4) is 0 Å². The smallest absolute Gasteiger partial charge is 0.321 e. The number of hydrogen-bond acceptors (Lipinski definition) is 4. The summed E-state index contributed by atoms with van der Waals surface area (Å²) in [6.07, 6.45) is 2.04. The van der Waals surface area contributed by atoms with Gasteiger partial charge in [-0.05, 0) is 13.8 Å². The molecule has 0 aliphatic rings. The van der Waals surface area contributed by atoms with E-state index in [1.165, 1.54) is 11.3 Å². The molecule has 0 bridgehead atoms. The van der Waals surface area contributed by atoms with Crippen molar-refractivity contribution in [2.45, 2.75) is 26.3 Å². The molecule has 5 nitrogen and oxygen atoms in total. The molecule has 1 rings (SSSR count). The van der Waals surface area contributed by atoms with Crippen LogP contribution in [-0.4, -0.2) is 28.8 Å². The highest BCUT2D eigenvalue weighted by Crippen LogP contribution is 2.16. The number of nitrogens with one attached hydrogen (secondary N) is 2. The van der Waals surface area contributed by atoms with Gasteiger partial charge in [0, 0.05) is 12.5 Å². The van der Waals surface area contributed by atoms with Gasteiger partial charge in [0.1, 0.15) is 0 Å². The summed E-state index contributed by atoms with van der Waals surface area (Å²) in [6.45, 7) is 3.81. The minimum absolute atomic E-state index is 0.0493. The second-order valence-electron chi connectivity index (χ2n) is 3.56. The van der Waals surface area contributed by atoms with E-state index in [0.29, 0.717) is 11.6 Å². The number of amides is 2. The van der Waals surface area contributed by atoms with E-state index < -0.39 is 0 Å². The first-order valence-corrected chi connectivity index (χ1v) is 6.06. The molecule has 2 amide bonds. The molecule has 0 spiro atoms. The molecule has 6 heteroatoms. The summed E-state index contributed by atoms with van der Waals surface area (Å²) >= 11 is 1.30. The zero-order chi connectivity index (χ0) is 12.7. The van der Waals surface area contributed by atoms with Crippen LogP contribution in [0.25, 0.3) is 0 Å². The van der Waals surface area contributed by atoms with Gasteiger partial charge in [-0.25, -0.2) is 9.78 Å². The molecule has 0 unspecified atom stereocenters. The van der Waals surface area contributed by atoms with Gasteiger partial charge in [-0.2, -0.15) is 0 Å². The number of thiazole rings is 1. The van der Waals surface area contributed by atoms with Crippen molar-refractivity contribution in [1.82, 2.24) is 10.3 Å². The maximum absolute atomic E-state index is 11.4. The van der Waals surface area contributed by atoms with Gasteiger partial charge >= 0.3 is 6.03 Å². The van der Waals surface area contributed by atoms with Crippen molar-refractivity contribution >= 4 is 22.5 Å². The number of aliphatic hydroxyl groups excluding tert-OH is 1. The monoisotopic (exact) mass is 253 g/mol. The summed E-state index contributed by atoms with van der Waals surface area (Å²) in [7, 11) is 0. The van der Waals surface area contributed by atoms with Crippen molar-refractivity contribution in [2.75, 3.05) is 11.9 Å². The first-order chi connectivity index (χ1) is 8.11. The van der Waals surface area contributed by atoms with E-state index in [2.05, 4.69) is 27.5 Å². The Morgan fingerprint density at radius 3 is 3.06 bits per heavy atom. The van der Waals surface area contributed by atoms with Gasteiger partial charge in [0.15, 0.2) is 5.13 Å². The summed E-state index contributed by atoms with van der Waals surface area (Å²) < 4.78 is 0. The van der Waals surface area contributed by atoms with Crippen LogP contribution in [-0.2, 0) is 0 Å². The number of carbonyl (C=O) groups is 1. The van der Waals surface area contributed by atoms with Crippen molar-refractivity contribution in [3.63, 3.8) is 0 Å². The molecule has 0 aromatic carbocycles. The maximum Gasteiger partial charge on any atom is 0.321 e. The molecule has 3 N–H and O–H groups in total. The summed E-state index contributed by atoms with van der Waals surface area (Å²) in [5.74, 6) is 5.65. The Kier molecular flexibility index (Phi) is 5.46. The predicted molar refractivity (Wildman–Crippen MR) is 68.0 cm³/mol. The number of aromatic nitrogens is 1. The molecule has 0 fully saturated rings. The highest BCUT2D eigenvalue weighted by Gasteiger charge is 2.06. The van der Waals surface area contributed by atoms with Crippen LogP contribution in [0.5, 0.6) is 0 Å². The van der Waals surface area contributed by atoms with Gasteiger partial charge in [0.2, 0.25) is 0 Å². The molecule has 0 aliphatic heterocycles. The van der Waals surface area contributed by atoms with E-state index in [4.69, 9.17) is 5.11 Å². The molecule has 1 heterocycles. The largest absolute Gasteiger partial charge is 0.395 e. The third-order valence-corrected chi connectivity index (χ3v) is 2.42. The van der Waals surface area contributed by atoms with Gasteiger partial charge in [0.05, 0.1) is 17.7 Å². The molecular weight excluding hydrogens is 238 g/mol. The molecular formula is C11H15N3O2S. The average molecular weight is 253 g/mol. The summed E-state index contributed by atoms with van der Waals surface area (Å²) in [5.41, 5.74) is 0. The number of urea groups is 1. The van der Waals surface area contributed by atoms with Gasteiger partial charge in [0.25, 0.3) is 0 Å². The van der Waals surface area contributed by atoms with Crippen LogP contribution in [0.15, 0.2) is 6.20 Å². The van der Waals surface area contributed by atoms with Crippen molar-refractivity contribution in [3.05, 3.63) is 11.1 Å². The van der Waals surface area contributed by atoms with Gasteiger partial charge in [-0.1, -0.05) is 23.2 Å². The molecule has 0 atom stereocenters. The zero-order valence-electron chi connectivity index (χ0n) is 9.78. The topological polar surface area (TPSA) is 74.2 Å². The first kappa shape index (κ1) is 13.5. The van der Waals surface area contributed by atoms with E-state index in [1.807, 2.05) is 13.8 Å². The molecule has 0 aliphatic carbocycles. The number of hydrogen-bond donors (Lipinski definition) is 3. The number of rotatable bonds is 3. The summed E-state index contributed by atoms with van der Waals surface area (Å²) in [5, 5.41) is 14.4. The molecule has 1 aromatic rings. The van der Waals surface area contributed by atoms with Crippen LogP contribution in [0.2, 0.25) is 0 Å². The highest BCUT2D eigenvalue weighted by molar-refractivity contribution is 7.16. The molecule has 1 aromatic heterocycles. The Morgan fingerprint density at radius 1 is 1.65 bits per heavy atom. The van der Waals surface area contributed by atoms with E-state index in [-0.39, 0.29) is 18.7 Å². The summed E-state index contributed by atoms with van der Waals surface area (Å²) in [4.78, 5) is 16.2. The molecule has 17 heavy (non-hydrogen) atoms. The van der Waals surface area contributed by atoms with Crippen molar-refractivity contribution in [1.29, 1.82) is 0 Å². The standard InChI is InChI=1S/C11H15N3O2S/c1-8(2)13-10(16)14-11-12-7-9(17-11)5-3-4-6-15/h7-8,15H,4,6H2,1-2H3,(H2,12,13,14,16). The second-order valence-corrected chi connectivity index (χ2v) is 4.59. The van der Waals surface area contributed by atoms with E-state index in [9.17, 15) is 4.79 Å². The molecule has 92 valence electrons. The first-order valence-electron chi connectivity index (χ1n) is 5.25. The van der Waals surface area contributed by atoms with E-state index in [0.717, 1.165) is 4.88 Å². The molecule has 0 saturated carbocycles. The Bertz CT molecular complexity index is 431. The van der Waals surface area contributed by atoms with Crippen molar-refractivity contribution in [3.8, 4) is 11.8 Å². The van der Waals surface area contributed by atoms with Crippen LogP contribution in [0, 0.1) is 11.8 Å². The molecule has 0 saturated heterocycles. The lowest BCUT2D eigenvalue weighted by Gasteiger charge is -2.07. The van der Waals surface area contributed by atoms with E-state index >= 15 is 0 Å². The SMILES string of the molecule is CC(C)NC(=O)Nc1ncc(C#CCCO)s1. The number of nitrogens with zero attached hydrogens (tertiary/aromatic N) is 1. The maximum atomic E-state index is 11.4. The van der Waals surface area contributed by atoms with Crippen molar-refractivity contribution in [2.24, 2.45) is 0 Å². The minimum atomic E-state index is -0.274. The lowest BCUT2D eigenvalue weighted by molar-refractivity contribution is 0.250. The highest BCUT2D eigenvalue weighted by atomic mass is 32.1. The Balaban J connectivity index is 2.52. The third-order valence-electron chi connectivity index (χ3n) is 1.59. The average Bonchev–Trinajstić information content (AvgIpc) is 2.64. The lowest BCUT2D eigenvalue weighted by Crippen LogP contribution is -2.34.